The zero-order chi connectivity index (χ0) is 55.3. The van der Waals surface area contributed by atoms with E-state index < -0.39 is 0 Å². The van der Waals surface area contributed by atoms with Gasteiger partial charge in [0.15, 0.2) is 0 Å². The molecule has 0 fully saturated rings. The molecule has 0 atom stereocenters. The molecule has 0 aliphatic carbocycles. The third kappa shape index (κ3) is 19.3. The van der Waals surface area contributed by atoms with E-state index in [1.165, 1.54) is 0 Å². The molecule has 12 nitrogen and oxygen atoms in total. The number of rotatable bonds is 9. The minimum Gasteiger partial charge on any atom is -0.510 e. The van der Waals surface area contributed by atoms with Gasteiger partial charge in [-0.25, -0.2) is 5.26 Å². The first-order valence-electron chi connectivity index (χ1n) is 26.0. The molecule has 16 heteroatoms. The maximum atomic E-state index is 8.62. The van der Waals surface area contributed by atoms with E-state index in [-0.39, 0.29) is 80.4 Å². The van der Waals surface area contributed by atoms with E-state index in [1.54, 1.807) is 12.1 Å². The molecule has 8 aromatic rings. The summed E-state index contributed by atoms with van der Waals surface area (Å²) in [6, 6.07) is 86.0. The minimum atomic E-state index is 0. The molecule has 0 N–H and O–H groups in total. The fourth-order valence-corrected chi connectivity index (χ4v) is 8.08. The summed E-state index contributed by atoms with van der Waals surface area (Å²) < 4.78 is 0. The van der Waals surface area contributed by atoms with E-state index in [1.807, 2.05) is 271 Å². The van der Waals surface area contributed by atoms with E-state index in [9.17, 15) is 0 Å². The molecule has 0 bridgehead atoms. The number of para-hydroxylation sites is 6. The zero-order valence-corrected chi connectivity index (χ0v) is 56.0. The van der Waals surface area contributed by atoms with Crippen LogP contribution in [-0.4, -0.2) is 40.7 Å². The zero-order valence-electron chi connectivity index (χ0n) is 46.4. The van der Waals surface area contributed by atoms with Crippen LogP contribution in [0.2, 0.25) is 0 Å². The second kappa shape index (κ2) is 34.9. The Morgan fingerprint density at radius 1 is 0.405 bits per heavy atom. The summed E-state index contributed by atoms with van der Waals surface area (Å²) in [5, 5.41) is 15.3. The summed E-state index contributed by atoms with van der Waals surface area (Å²) in [7, 11) is 3.96. The quantitative estimate of drug-likeness (QED) is 0.130. The molecule has 438 valence electrons. The molecule has 13 rings (SSSR count). The van der Waals surface area contributed by atoms with Gasteiger partial charge in [-0.3, -0.25) is 0 Å². The van der Waals surface area contributed by atoms with E-state index in [0.29, 0.717) is 11.6 Å². The van der Waals surface area contributed by atoms with Crippen molar-refractivity contribution in [2.75, 3.05) is 48.5 Å². The van der Waals surface area contributed by atoms with Crippen molar-refractivity contribution in [1.29, 1.82) is 5.26 Å². The number of hydrogen-bond donors (Lipinski definition) is 0. The van der Waals surface area contributed by atoms with Gasteiger partial charge in [-0.15, -0.1) is 48.2 Å². The molecular weight excluding hydrogens is 1750 g/mol. The summed E-state index contributed by atoms with van der Waals surface area (Å²) in [5.41, 5.74) is 8.98. The van der Waals surface area contributed by atoms with E-state index in [2.05, 4.69) is 119 Å². The van der Waals surface area contributed by atoms with Crippen LogP contribution in [-0.2, 0) is 80.4 Å². The molecule has 5 heterocycles. The molecule has 0 aromatic heterocycles. The van der Waals surface area contributed by atoms with E-state index in [4.69, 9.17) is 10.4 Å². The molecule has 4 radical (unpaired) electrons. The van der Waals surface area contributed by atoms with E-state index in [0.717, 1.165) is 51.2 Å². The third-order valence-electron chi connectivity index (χ3n) is 12.3. The van der Waals surface area contributed by atoms with Crippen LogP contribution in [0.1, 0.15) is 25.0 Å². The van der Waals surface area contributed by atoms with Crippen molar-refractivity contribution in [3.05, 3.63) is 331 Å². The molecule has 0 amide bonds. The van der Waals surface area contributed by atoms with Crippen molar-refractivity contribution in [3.8, 4) is 6.07 Å². The Hall–Kier alpha value is -7.52. The largest absolute Gasteiger partial charge is 0.510 e. The molecule has 5 aliphatic rings. The Balaban J connectivity index is 0.000000193. The summed E-state index contributed by atoms with van der Waals surface area (Å²) in [6.45, 7) is 14.4. The topological polar surface area (TPSA) is 68.6 Å². The SMILES string of the molecule is CC(C)N1C=CN(c2[c-]cccc2)[CH-]1.CN1C=CN(c2[c-]cc(C#N)cc2)[CH-]1.CN1C=CN(c2[c-]cccc2)[CH-]1.[Ir].[Ir].[Ir].[Ir].[c-]1ccccc1N1C=CN(c2ccccc2)[CH-]1.[c-]1ccccc1N1[CH-]N(c2ccccc2)C(c2ccccc2)=N1. The Kier molecular flexibility index (Phi) is 28.0. The Morgan fingerprint density at radius 2 is 0.821 bits per heavy atom. The fourth-order valence-electron chi connectivity index (χ4n) is 8.08. The fraction of sp³-hybridized carbons (Fsp3) is 0.0735. The van der Waals surface area contributed by atoms with Crippen LogP contribution in [0.4, 0.5) is 39.8 Å². The first-order valence-corrected chi connectivity index (χ1v) is 26.0. The minimum absolute atomic E-state index is 0. The average molecular weight is 1810 g/mol. The number of nitrogens with zero attached hydrogens (tertiary/aromatic N) is 12. The first kappa shape index (κ1) is 67.3. The van der Waals surface area contributed by atoms with Crippen molar-refractivity contribution in [2.24, 2.45) is 5.10 Å². The van der Waals surface area contributed by atoms with Crippen molar-refractivity contribution < 1.29 is 80.4 Å². The predicted octanol–water partition coefficient (Wildman–Crippen LogP) is 13.8. The molecule has 8 aromatic carbocycles. The smallest absolute Gasteiger partial charge is 0.129 e. The molecule has 0 unspecified atom stereocenters. The molecular formula is C68H60Ir4N12-10. The molecule has 5 aliphatic heterocycles. The van der Waals surface area contributed by atoms with Crippen molar-refractivity contribution >= 4 is 45.6 Å². The van der Waals surface area contributed by atoms with Gasteiger partial charge in [0, 0.05) is 103 Å². The number of hydrazone groups is 1. The van der Waals surface area contributed by atoms with Crippen molar-refractivity contribution in [1.82, 2.24) is 14.7 Å². The number of anilines is 7. The second-order valence-corrected chi connectivity index (χ2v) is 18.4. The van der Waals surface area contributed by atoms with Gasteiger partial charge in [0.05, 0.1) is 0 Å². The third-order valence-corrected chi connectivity index (χ3v) is 12.3. The van der Waals surface area contributed by atoms with Crippen LogP contribution in [0.5, 0.6) is 0 Å². The Labute approximate surface area is 551 Å². The number of benzene rings is 8. The van der Waals surface area contributed by atoms with Crippen LogP contribution >= 0.6 is 0 Å². The van der Waals surface area contributed by atoms with Gasteiger partial charge in [-0.2, -0.15) is 159 Å². The number of amidine groups is 1. The van der Waals surface area contributed by atoms with Crippen LogP contribution in [0.15, 0.2) is 261 Å². The maximum Gasteiger partial charge on any atom is 0.129 e. The summed E-state index contributed by atoms with van der Waals surface area (Å²) in [6.07, 6.45) is 16.1. The van der Waals surface area contributed by atoms with Gasteiger partial charge in [0.2, 0.25) is 0 Å². The molecule has 84 heavy (non-hydrogen) atoms. The van der Waals surface area contributed by atoms with Crippen LogP contribution in [0.25, 0.3) is 0 Å². The Bertz CT molecular complexity index is 3270. The van der Waals surface area contributed by atoms with Gasteiger partial charge in [0.25, 0.3) is 0 Å². The van der Waals surface area contributed by atoms with Crippen LogP contribution in [0, 0.1) is 75.0 Å². The van der Waals surface area contributed by atoms with Gasteiger partial charge in [-0.1, -0.05) is 78.0 Å². The van der Waals surface area contributed by atoms with Crippen LogP contribution < -0.4 is 34.4 Å². The normalized spacial score (nSPS) is 14.0. The van der Waals surface area contributed by atoms with Gasteiger partial charge in [-0.05, 0) is 108 Å². The second-order valence-electron chi connectivity index (χ2n) is 18.4. The number of nitriles is 1. The van der Waals surface area contributed by atoms with Gasteiger partial charge >= 0.3 is 0 Å². The average Bonchev–Trinajstić information content (AvgIpc) is 4.39. The monoisotopic (exact) mass is 1820 g/mol. The van der Waals surface area contributed by atoms with Gasteiger partial charge < -0.3 is 49.1 Å². The molecule has 0 saturated heterocycles. The maximum absolute atomic E-state index is 8.62. The summed E-state index contributed by atoms with van der Waals surface area (Å²) in [5.74, 6) is 0.897. The van der Waals surface area contributed by atoms with Crippen LogP contribution in [0.3, 0.4) is 0 Å². The first-order chi connectivity index (χ1) is 39.3. The van der Waals surface area contributed by atoms with Crippen molar-refractivity contribution in [2.45, 2.75) is 19.9 Å². The molecule has 0 saturated carbocycles. The summed E-state index contributed by atoms with van der Waals surface area (Å²) in [4.78, 5) is 18.4. The molecule has 0 spiro atoms. The number of hydrogen-bond acceptors (Lipinski definition) is 12. The van der Waals surface area contributed by atoms with Crippen molar-refractivity contribution in [3.63, 3.8) is 0 Å². The van der Waals surface area contributed by atoms with E-state index >= 15 is 0 Å². The Morgan fingerprint density at radius 3 is 1.25 bits per heavy atom. The standard InChI is InChI=1S/C20H15N3.C15H12N2.C12H14N2.C11H9N3.C10H10N2.4Ir/c1-4-10-17(11-5-1)20-21-23(19-14-8-3-9-15-19)16-22(20)18-12-6-2-7-13-18;1-3-7-14(8-4-1)16-11-12-17(13-16)15-9-5-2-6-10-15;1-11(2)13-8-9-14(10-13)12-6-4-3-5-7-12;1-13-6-7-14(9-13)11-4-2-10(8-12)3-5-11;1-11-7-8-12(9-11)10-5-3-2-4-6-10;;;;/h1-14,16H;1-9,11-13H;3-6,8-11H,1-2H3;2-4,6-7,9H,1H3;2-5,7-9H,1H3;;;;/q5*-2;;;;. The van der Waals surface area contributed by atoms with Gasteiger partial charge in [0.1, 0.15) is 5.84 Å². The summed E-state index contributed by atoms with van der Waals surface area (Å²) >= 11 is 0. The predicted molar refractivity (Wildman–Crippen MR) is 325 cm³/mol.